The quantitative estimate of drug-likeness (QED) is 0.228. The normalized spacial score (nSPS) is 20.0. The number of halogens is 12. The monoisotopic (exact) mass is 638 g/mol. The zero-order chi connectivity index (χ0) is 33.2. The van der Waals surface area contributed by atoms with Gasteiger partial charge in [0.15, 0.2) is 0 Å². The maximum Gasteiger partial charge on any atom is 0.416 e. The van der Waals surface area contributed by atoms with Crippen molar-refractivity contribution in [3.63, 3.8) is 0 Å². The number of allylic oxidation sites excluding steroid dienone is 4. The summed E-state index contributed by atoms with van der Waals surface area (Å²) in [5.41, 5.74) is -9.68. The Labute approximate surface area is 240 Å². The van der Waals surface area contributed by atoms with Gasteiger partial charge >= 0.3 is 24.7 Å². The van der Waals surface area contributed by atoms with Crippen molar-refractivity contribution in [3.8, 4) is 0 Å². The van der Waals surface area contributed by atoms with E-state index in [0.29, 0.717) is 0 Å². The summed E-state index contributed by atoms with van der Waals surface area (Å²) < 4.78 is 166. The Balaban J connectivity index is 2.64. The Morgan fingerprint density at radius 1 is 0.860 bits per heavy atom. The number of alkyl halides is 12. The molecule has 1 aromatic carbocycles. The Bertz CT molecular complexity index is 1230. The molecule has 0 radical (unpaired) electrons. The number of hydrogen-bond acceptors (Lipinski definition) is 2. The molecule has 1 atom stereocenters. The second-order valence-electron chi connectivity index (χ2n) is 10.2. The highest BCUT2D eigenvalue weighted by atomic mass is 19.4. The summed E-state index contributed by atoms with van der Waals surface area (Å²) in [7, 11) is 0. The molecule has 0 spiro atoms. The van der Waals surface area contributed by atoms with Crippen molar-refractivity contribution in [2.75, 3.05) is 19.6 Å². The summed E-state index contributed by atoms with van der Waals surface area (Å²) in [5, 5.41) is 2.33. The number of benzene rings is 1. The van der Waals surface area contributed by atoms with Gasteiger partial charge in [0.1, 0.15) is 5.41 Å². The summed E-state index contributed by atoms with van der Waals surface area (Å²) in [6.07, 6.45) is -19.8. The van der Waals surface area contributed by atoms with Crippen LogP contribution in [0.2, 0.25) is 0 Å². The van der Waals surface area contributed by atoms with Gasteiger partial charge < -0.3 is 10.2 Å². The van der Waals surface area contributed by atoms with Gasteiger partial charge in [-0.15, -0.1) is 0 Å². The topological polar surface area (TPSA) is 32.3 Å². The van der Waals surface area contributed by atoms with E-state index in [-0.39, 0.29) is 47.9 Å². The predicted octanol–water partition coefficient (Wildman–Crippen LogP) is 8.88. The maximum atomic E-state index is 14.5. The van der Waals surface area contributed by atoms with E-state index in [2.05, 4.69) is 5.32 Å². The first-order valence-electron chi connectivity index (χ1n) is 13.0. The van der Waals surface area contributed by atoms with Crippen LogP contribution in [0.15, 0.2) is 52.8 Å². The van der Waals surface area contributed by atoms with Crippen LogP contribution in [0.4, 0.5) is 52.7 Å². The summed E-state index contributed by atoms with van der Waals surface area (Å²) in [6.45, 7) is 3.33. The number of carbonyl (C=O) groups excluding carboxylic acids is 1. The van der Waals surface area contributed by atoms with E-state index in [0.717, 1.165) is 17.1 Å². The van der Waals surface area contributed by atoms with Gasteiger partial charge in [-0.3, -0.25) is 4.79 Å². The number of nitrogens with zero attached hydrogens (tertiary/aromatic N) is 1. The van der Waals surface area contributed by atoms with Crippen molar-refractivity contribution in [2.24, 2.45) is 0 Å². The Kier molecular flexibility index (Phi) is 10.8. The van der Waals surface area contributed by atoms with Crippen LogP contribution in [-0.4, -0.2) is 42.8 Å². The predicted molar refractivity (Wildman–Crippen MR) is 135 cm³/mol. The molecule has 1 amide bonds. The fourth-order valence-corrected chi connectivity index (χ4v) is 4.72. The fraction of sp³-hybridized carbons (Fsp3) is 0.536. The molecule has 1 aliphatic heterocycles. The number of likely N-dealkylation sites (tertiary alicyclic amines) is 1. The first-order valence-corrected chi connectivity index (χ1v) is 13.0. The Morgan fingerprint density at radius 2 is 1.40 bits per heavy atom. The number of rotatable bonds is 8. The van der Waals surface area contributed by atoms with E-state index in [1.807, 2.05) is 0 Å². The number of hydrogen-bond donors (Lipinski definition) is 1. The first kappa shape index (κ1) is 36.1. The molecule has 0 aromatic heterocycles. The van der Waals surface area contributed by atoms with Crippen LogP contribution in [0.5, 0.6) is 0 Å². The van der Waals surface area contributed by atoms with E-state index in [9.17, 15) is 57.5 Å². The molecule has 1 fully saturated rings. The minimum absolute atomic E-state index is 0.00622. The average Bonchev–Trinajstić information content (AvgIpc) is 3.35. The van der Waals surface area contributed by atoms with Gasteiger partial charge in [-0.1, -0.05) is 25.5 Å². The van der Waals surface area contributed by atoms with Crippen molar-refractivity contribution in [3.05, 3.63) is 69.5 Å². The lowest BCUT2D eigenvalue weighted by Crippen LogP contribution is -2.45. The lowest BCUT2D eigenvalue weighted by Gasteiger charge is -2.34. The largest absolute Gasteiger partial charge is 0.416 e. The highest BCUT2D eigenvalue weighted by Gasteiger charge is 2.60. The van der Waals surface area contributed by atoms with Crippen molar-refractivity contribution in [2.45, 2.75) is 77.1 Å². The molecule has 0 aliphatic carbocycles. The number of nitrogens with one attached hydrogen (secondary N) is 1. The molecular weight excluding hydrogens is 608 g/mol. The molecule has 1 aliphatic rings. The van der Waals surface area contributed by atoms with E-state index in [1.165, 1.54) is 27.7 Å². The van der Waals surface area contributed by atoms with E-state index in [4.69, 9.17) is 0 Å². The SMILES string of the molecule is CCC(=O)NCC(=CC=C(C)N1CCC(c2cc(C(F)(F)F)cc(C(F)(F)F)c2)(C(F)(F)F)C1)C(=C(C)CC)C(F)(F)F. The van der Waals surface area contributed by atoms with Gasteiger partial charge in [-0.2, -0.15) is 52.7 Å². The molecule has 1 aromatic rings. The van der Waals surface area contributed by atoms with Crippen LogP contribution in [0, 0.1) is 0 Å². The number of amides is 1. The lowest BCUT2D eigenvalue weighted by atomic mass is 9.77. The average molecular weight is 639 g/mol. The van der Waals surface area contributed by atoms with E-state index in [1.54, 1.807) is 0 Å². The van der Waals surface area contributed by atoms with Crippen LogP contribution in [0.3, 0.4) is 0 Å². The molecule has 1 heterocycles. The molecule has 2 rings (SSSR count). The molecule has 43 heavy (non-hydrogen) atoms. The molecule has 1 N–H and O–H groups in total. The summed E-state index contributed by atoms with van der Waals surface area (Å²) in [5.74, 6) is -0.559. The summed E-state index contributed by atoms with van der Waals surface area (Å²) in [6, 6.07) is -0.166. The molecule has 242 valence electrons. The van der Waals surface area contributed by atoms with Gasteiger partial charge in [-0.25, -0.2) is 0 Å². The minimum atomic E-state index is -5.37. The van der Waals surface area contributed by atoms with Gasteiger partial charge in [0, 0.05) is 31.8 Å². The second-order valence-corrected chi connectivity index (χ2v) is 10.2. The smallest absolute Gasteiger partial charge is 0.374 e. The van der Waals surface area contributed by atoms with Gasteiger partial charge in [0.25, 0.3) is 0 Å². The van der Waals surface area contributed by atoms with Crippen LogP contribution >= 0.6 is 0 Å². The Morgan fingerprint density at radius 3 is 1.81 bits per heavy atom. The van der Waals surface area contributed by atoms with Crippen LogP contribution in [-0.2, 0) is 22.6 Å². The molecular formula is C28H30F12N2O. The third-order valence-corrected chi connectivity index (χ3v) is 7.34. The van der Waals surface area contributed by atoms with Gasteiger partial charge in [0.05, 0.1) is 16.7 Å². The maximum absolute atomic E-state index is 14.5. The van der Waals surface area contributed by atoms with E-state index < -0.39 is 84.3 Å². The molecule has 0 saturated carbocycles. The molecule has 0 bridgehead atoms. The van der Waals surface area contributed by atoms with Crippen LogP contribution < -0.4 is 5.32 Å². The molecule has 1 saturated heterocycles. The van der Waals surface area contributed by atoms with Crippen LogP contribution in [0.25, 0.3) is 0 Å². The highest BCUT2D eigenvalue weighted by Crippen LogP contribution is 2.50. The highest BCUT2D eigenvalue weighted by molar-refractivity contribution is 5.76. The summed E-state index contributed by atoms with van der Waals surface area (Å²) >= 11 is 0. The summed E-state index contributed by atoms with van der Waals surface area (Å²) in [4.78, 5) is 12.8. The molecule has 1 unspecified atom stereocenters. The van der Waals surface area contributed by atoms with Crippen molar-refractivity contribution < 1.29 is 57.5 Å². The van der Waals surface area contributed by atoms with Crippen molar-refractivity contribution in [1.82, 2.24) is 10.2 Å². The second kappa shape index (κ2) is 12.8. The standard InChI is InChI=1S/C28H30F12N2O/c1-5-16(3)23(27(35,36)37)18(14-41-22(43)6-2)8-7-17(4)42-10-9-24(15-42,28(38,39)40)19-11-20(25(29,30)31)13-21(12-19)26(32,33)34/h7-8,11-13H,5-6,9-10,14-15H2,1-4H3,(H,41,43). The van der Waals surface area contributed by atoms with E-state index >= 15 is 0 Å². The van der Waals surface area contributed by atoms with Crippen molar-refractivity contribution in [1.29, 1.82) is 0 Å². The third kappa shape index (κ3) is 8.49. The van der Waals surface area contributed by atoms with Gasteiger partial charge in [0.2, 0.25) is 5.91 Å². The number of carbonyl (C=O) groups is 1. The third-order valence-electron chi connectivity index (χ3n) is 7.34. The zero-order valence-electron chi connectivity index (χ0n) is 23.5. The molecule has 15 heteroatoms. The van der Waals surface area contributed by atoms with Crippen molar-refractivity contribution >= 4 is 5.91 Å². The lowest BCUT2D eigenvalue weighted by molar-refractivity contribution is -0.187. The van der Waals surface area contributed by atoms with Gasteiger partial charge in [-0.05, 0) is 62.1 Å². The minimum Gasteiger partial charge on any atom is -0.374 e. The Hall–Kier alpha value is -3.13. The van der Waals surface area contributed by atoms with Crippen LogP contribution in [0.1, 0.15) is 63.6 Å². The first-order chi connectivity index (χ1) is 19.5. The molecule has 3 nitrogen and oxygen atoms in total. The zero-order valence-corrected chi connectivity index (χ0v) is 23.5. The fourth-order valence-electron chi connectivity index (χ4n) is 4.72.